The van der Waals surface area contributed by atoms with Crippen LogP contribution in [0.1, 0.15) is 29.2 Å². The first kappa shape index (κ1) is 49.1. The van der Waals surface area contributed by atoms with Crippen LogP contribution in [0.2, 0.25) is 0 Å². The lowest BCUT2D eigenvalue weighted by molar-refractivity contribution is 0.793. The van der Waals surface area contributed by atoms with Crippen LogP contribution in [0.3, 0.4) is 0 Å². The summed E-state index contributed by atoms with van der Waals surface area (Å²) in [5.41, 5.74) is 25.9. The predicted octanol–water partition coefficient (Wildman–Crippen LogP) is 22.1. The van der Waals surface area contributed by atoms with E-state index in [1.54, 1.807) is 0 Å². The molecule has 2 aliphatic carbocycles. The zero-order chi connectivity index (χ0) is 55.9. The van der Waals surface area contributed by atoms with E-state index < -0.39 is 5.41 Å². The molecule has 1 unspecified atom stereocenters. The summed E-state index contributed by atoms with van der Waals surface area (Å²) in [6, 6.07) is 108. The van der Waals surface area contributed by atoms with Gasteiger partial charge in [0.25, 0.3) is 0 Å². The monoisotopic (exact) mass is 1070 g/mol. The first-order chi connectivity index (χ1) is 41.6. The number of hydrogen-bond donors (Lipinski definition) is 0. The Morgan fingerprint density at radius 2 is 0.905 bits per heavy atom. The summed E-state index contributed by atoms with van der Waals surface area (Å²) in [7, 11) is 0. The molecule has 0 N–H and O–H groups in total. The molecule has 0 saturated heterocycles. The van der Waals surface area contributed by atoms with Gasteiger partial charge in [-0.1, -0.05) is 267 Å². The molecule has 14 aromatic rings. The van der Waals surface area contributed by atoms with Crippen LogP contribution in [0, 0.1) is 0 Å². The van der Waals surface area contributed by atoms with Crippen molar-refractivity contribution in [3.8, 4) is 61.3 Å². The highest BCUT2D eigenvalue weighted by Crippen LogP contribution is 2.66. The maximum absolute atomic E-state index is 4.21. The Morgan fingerprint density at radius 3 is 1.61 bits per heavy atom. The molecule has 2 nitrogen and oxygen atoms in total. The normalized spacial score (nSPS) is 15.1. The van der Waals surface area contributed by atoms with E-state index in [0.29, 0.717) is 0 Å². The van der Waals surface area contributed by atoms with Crippen molar-refractivity contribution in [2.24, 2.45) is 0 Å². The van der Waals surface area contributed by atoms with Crippen LogP contribution in [0.25, 0.3) is 110 Å². The molecular weight excluding hydrogens is 1010 g/mol. The van der Waals surface area contributed by atoms with Gasteiger partial charge in [-0.15, -0.1) is 0 Å². The predicted molar refractivity (Wildman–Crippen MR) is 356 cm³/mol. The molecule has 16 rings (SSSR count). The molecule has 0 amide bonds. The molecular formula is C82H56N2. The minimum Gasteiger partial charge on any atom is -0.309 e. The molecule has 0 bridgehead atoms. The number of rotatable bonds is 9. The number of anilines is 3. The standard InChI is InChI=1S/C82H56N2/c1-3-24-65-66-33-18-20-38-72(66)82(71(65)4-2)73-39-21-19-36-69(73)81-74(82)40-23-42-79(81)83(59-46-43-56(44-47-59)54-25-8-5-9-26-54)75-51-48-63(61-31-14-16-34-67(61)75)64-49-52-76(68-35-17-15-32-62(64)68)84-77-50-45-58(55-27-10-6-11-28-55)53-70(77)80-60(37-22-41-78(80)84)57-29-12-7-13-30-57/h3-53H,1H2,2H3/b65-24-,71-4+. The van der Waals surface area contributed by atoms with Gasteiger partial charge in [0.2, 0.25) is 0 Å². The molecule has 1 spiro atoms. The van der Waals surface area contributed by atoms with E-state index in [1.165, 1.54) is 127 Å². The van der Waals surface area contributed by atoms with E-state index in [-0.39, 0.29) is 0 Å². The molecule has 1 heterocycles. The average Bonchev–Trinajstić information content (AvgIpc) is 3.97. The third-order valence-corrected chi connectivity index (χ3v) is 18.0. The quantitative estimate of drug-likeness (QED) is 0.140. The van der Waals surface area contributed by atoms with Gasteiger partial charge in [0.15, 0.2) is 0 Å². The lowest BCUT2D eigenvalue weighted by Gasteiger charge is -2.32. The Bertz CT molecular complexity index is 5020. The maximum Gasteiger partial charge on any atom is 0.0723 e. The Labute approximate surface area is 490 Å². The molecule has 0 aliphatic heterocycles. The smallest absolute Gasteiger partial charge is 0.0723 e. The van der Waals surface area contributed by atoms with Gasteiger partial charge in [-0.25, -0.2) is 0 Å². The Morgan fingerprint density at radius 1 is 0.369 bits per heavy atom. The van der Waals surface area contributed by atoms with Gasteiger partial charge in [0, 0.05) is 32.8 Å². The third kappa shape index (κ3) is 7.30. The van der Waals surface area contributed by atoms with Gasteiger partial charge in [-0.3, -0.25) is 0 Å². The summed E-state index contributed by atoms with van der Waals surface area (Å²) in [5.74, 6) is 0. The fourth-order valence-electron chi connectivity index (χ4n) is 14.5. The second kappa shape index (κ2) is 19.7. The summed E-state index contributed by atoms with van der Waals surface area (Å²) in [6.45, 7) is 6.41. The largest absolute Gasteiger partial charge is 0.309 e. The van der Waals surface area contributed by atoms with Crippen LogP contribution >= 0.6 is 0 Å². The molecule has 2 heteroatoms. The zero-order valence-corrected chi connectivity index (χ0v) is 46.5. The fourth-order valence-corrected chi connectivity index (χ4v) is 14.5. The Hall–Kier alpha value is -10.8. The van der Waals surface area contributed by atoms with Gasteiger partial charge >= 0.3 is 0 Å². The number of allylic oxidation sites excluding steroid dienone is 5. The van der Waals surface area contributed by atoms with Crippen molar-refractivity contribution < 1.29 is 0 Å². The zero-order valence-electron chi connectivity index (χ0n) is 46.5. The molecule has 394 valence electrons. The fraction of sp³-hybridized carbons (Fsp3) is 0.0244. The minimum absolute atomic E-state index is 0.529. The van der Waals surface area contributed by atoms with Crippen molar-refractivity contribution in [3.63, 3.8) is 0 Å². The lowest BCUT2D eigenvalue weighted by atomic mass is 9.70. The molecule has 0 radical (unpaired) electrons. The Kier molecular flexibility index (Phi) is 11.5. The van der Waals surface area contributed by atoms with Crippen molar-refractivity contribution in [2.75, 3.05) is 4.90 Å². The number of nitrogens with zero attached hydrogens (tertiary/aromatic N) is 2. The van der Waals surface area contributed by atoms with E-state index in [4.69, 9.17) is 0 Å². The Balaban J connectivity index is 0.908. The van der Waals surface area contributed by atoms with Crippen molar-refractivity contribution >= 4 is 66.0 Å². The molecule has 0 saturated carbocycles. The lowest BCUT2D eigenvalue weighted by Crippen LogP contribution is -2.26. The SMILES string of the molecule is C=C/C=C1\C(=C/C)C2(c3ccccc31)c1ccccc1-c1c(N(c3ccc(-c4ccccc4)cc3)c3ccc(-c4ccc(-n5c6ccc(-c7ccccc7)cc6c6c(-c7ccccc7)cccc65)c5ccccc45)c4ccccc34)cccc12. The van der Waals surface area contributed by atoms with E-state index in [1.807, 2.05) is 6.08 Å². The number of aromatic nitrogens is 1. The van der Waals surface area contributed by atoms with Gasteiger partial charge in [-0.05, 0) is 150 Å². The molecule has 13 aromatic carbocycles. The van der Waals surface area contributed by atoms with Gasteiger partial charge < -0.3 is 9.47 Å². The second-order valence-corrected chi connectivity index (χ2v) is 22.2. The van der Waals surface area contributed by atoms with Gasteiger partial charge in [0.1, 0.15) is 0 Å². The summed E-state index contributed by atoms with van der Waals surface area (Å²) in [6.07, 6.45) is 6.48. The highest BCUT2D eigenvalue weighted by molar-refractivity contribution is 6.19. The van der Waals surface area contributed by atoms with Crippen molar-refractivity contribution in [3.05, 3.63) is 344 Å². The van der Waals surface area contributed by atoms with Gasteiger partial charge in [0.05, 0.1) is 33.5 Å². The molecule has 1 atom stereocenters. The average molecular weight is 1070 g/mol. The topological polar surface area (TPSA) is 8.17 Å². The van der Waals surface area contributed by atoms with E-state index in [0.717, 1.165) is 28.1 Å². The van der Waals surface area contributed by atoms with Crippen LogP contribution in [-0.4, -0.2) is 4.57 Å². The van der Waals surface area contributed by atoms with E-state index in [9.17, 15) is 0 Å². The first-order valence-corrected chi connectivity index (χ1v) is 29.1. The summed E-state index contributed by atoms with van der Waals surface area (Å²) in [4.78, 5) is 2.53. The van der Waals surface area contributed by atoms with Crippen molar-refractivity contribution in [1.82, 2.24) is 4.57 Å². The van der Waals surface area contributed by atoms with E-state index in [2.05, 4.69) is 326 Å². The molecule has 1 aromatic heterocycles. The summed E-state index contributed by atoms with van der Waals surface area (Å²) in [5, 5.41) is 7.20. The molecule has 2 aliphatic rings. The van der Waals surface area contributed by atoms with Crippen LogP contribution in [0.4, 0.5) is 17.1 Å². The van der Waals surface area contributed by atoms with Crippen molar-refractivity contribution in [1.29, 1.82) is 0 Å². The number of hydrogen-bond acceptors (Lipinski definition) is 1. The second-order valence-electron chi connectivity index (χ2n) is 22.2. The first-order valence-electron chi connectivity index (χ1n) is 29.1. The van der Waals surface area contributed by atoms with Crippen LogP contribution in [-0.2, 0) is 5.41 Å². The highest BCUT2D eigenvalue weighted by atomic mass is 15.1. The van der Waals surface area contributed by atoms with Gasteiger partial charge in [-0.2, -0.15) is 0 Å². The molecule has 0 fully saturated rings. The van der Waals surface area contributed by atoms with Crippen LogP contribution < -0.4 is 4.90 Å². The molecule has 84 heavy (non-hydrogen) atoms. The maximum atomic E-state index is 4.21. The van der Waals surface area contributed by atoms with Crippen LogP contribution in [0.5, 0.6) is 0 Å². The summed E-state index contributed by atoms with van der Waals surface area (Å²) >= 11 is 0. The van der Waals surface area contributed by atoms with E-state index >= 15 is 0 Å². The minimum atomic E-state index is -0.529. The third-order valence-electron chi connectivity index (χ3n) is 18.0. The van der Waals surface area contributed by atoms with Crippen LogP contribution in [0.15, 0.2) is 322 Å². The number of benzene rings is 13. The highest BCUT2D eigenvalue weighted by Gasteiger charge is 2.53. The van der Waals surface area contributed by atoms with Crippen molar-refractivity contribution in [2.45, 2.75) is 12.3 Å². The summed E-state index contributed by atoms with van der Waals surface area (Å²) < 4.78 is 2.50. The number of fused-ring (bicyclic) bond motifs is 12.